The van der Waals surface area contributed by atoms with Gasteiger partial charge in [-0.1, -0.05) is 74.5 Å². The lowest BCUT2D eigenvalue weighted by molar-refractivity contribution is -0.0105. The van der Waals surface area contributed by atoms with E-state index in [4.69, 9.17) is 4.74 Å². The number of anilines is 2. The van der Waals surface area contributed by atoms with E-state index in [9.17, 15) is 0 Å². The Bertz CT molecular complexity index is 1740. The van der Waals surface area contributed by atoms with Crippen LogP contribution in [0.1, 0.15) is 56.7 Å². The number of likely N-dealkylation sites (N-methyl/N-ethyl adjacent to an activating group) is 2. The van der Waals surface area contributed by atoms with Gasteiger partial charge >= 0.3 is 0 Å². The summed E-state index contributed by atoms with van der Waals surface area (Å²) < 4.78 is 7.15. The van der Waals surface area contributed by atoms with E-state index in [2.05, 4.69) is 129 Å². The van der Waals surface area contributed by atoms with E-state index in [1.165, 1.54) is 28.2 Å². The van der Waals surface area contributed by atoms with Crippen molar-refractivity contribution in [3.8, 4) is 5.75 Å². The number of benzene rings is 4. The fraction of sp³-hybridized carbons (Fsp3) is 0.297. The maximum Gasteiger partial charge on any atom is 0.192 e. The van der Waals surface area contributed by atoms with Gasteiger partial charge in [0, 0.05) is 54.5 Å². The monoisotopic (exact) mass is 554 g/mol. The molecule has 0 saturated heterocycles. The third kappa shape index (κ3) is 3.76. The summed E-state index contributed by atoms with van der Waals surface area (Å²) in [6.45, 7) is 9.33. The van der Waals surface area contributed by atoms with Gasteiger partial charge < -0.3 is 14.5 Å². The molecule has 7 rings (SSSR count). The van der Waals surface area contributed by atoms with Gasteiger partial charge in [0.2, 0.25) is 0 Å². The quantitative estimate of drug-likeness (QED) is 0.237. The van der Waals surface area contributed by atoms with Gasteiger partial charge in [-0.15, -0.1) is 0 Å². The van der Waals surface area contributed by atoms with Gasteiger partial charge in [-0.2, -0.15) is 10.2 Å². The minimum absolute atomic E-state index is 0.0997. The highest BCUT2D eigenvalue weighted by molar-refractivity contribution is 5.71. The van der Waals surface area contributed by atoms with Crippen LogP contribution >= 0.6 is 0 Å². The highest BCUT2D eigenvalue weighted by Crippen LogP contribution is 2.59. The normalized spacial score (nSPS) is 24.1. The first-order valence-corrected chi connectivity index (χ1v) is 14.8. The van der Waals surface area contributed by atoms with Crippen molar-refractivity contribution >= 4 is 22.7 Å². The van der Waals surface area contributed by atoms with Crippen molar-refractivity contribution in [2.45, 2.75) is 56.6 Å². The van der Waals surface area contributed by atoms with Crippen LogP contribution in [0.4, 0.5) is 22.7 Å². The Morgan fingerprint density at radius 2 is 1.38 bits per heavy atom. The van der Waals surface area contributed by atoms with Crippen LogP contribution in [0.2, 0.25) is 0 Å². The smallest absolute Gasteiger partial charge is 0.192 e. The summed E-state index contributed by atoms with van der Waals surface area (Å²) >= 11 is 0. The largest absolute Gasteiger partial charge is 0.467 e. The molecule has 0 bridgehead atoms. The Labute approximate surface area is 249 Å². The maximum atomic E-state index is 7.15. The van der Waals surface area contributed by atoms with Gasteiger partial charge in [0.1, 0.15) is 5.75 Å². The molecule has 212 valence electrons. The van der Waals surface area contributed by atoms with E-state index in [-0.39, 0.29) is 16.7 Å². The first kappa shape index (κ1) is 26.5. The molecule has 4 aromatic rings. The summed E-state index contributed by atoms with van der Waals surface area (Å²) in [4.78, 5) is 4.74. The highest BCUT2D eigenvalue weighted by Gasteiger charge is 2.60. The predicted molar refractivity (Wildman–Crippen MR) is 172 cm³/mol. The van der Waals surface area contributed by atoms with Crippen LogP contribution in [0.25, 0.3) is 0 Å². The van der Waals surface area contributed by atoms with Gasteiger partial charge in [-0.25, -0.2) is 0 Å². The molecule has 4 aromatic carbocycles. The molecule has 0 aromatic heterocycles. The summed E-state index contributed by atoms with van der Waals surface area (Å²) in [5, 5.41) is 9.12. The average Bonchev–Trinajstić information content (AvgIpc) is 3.29. The average molecular weight is 555 g/mol. The maximum absolute atomic E-state index is 7.15. The van der Waals surface area contributed by atoms with Crippen LogP contribution in [0.5, 0.6) is 5.75 Å². The standard InChI is InChI=1S/C37H38N4O/c1-35(2)29-16-10-12-18-31(29)40(5)34(35)22-25-24-37(36(3,4)30-17-11-13-19-32(30)41(37)6)42-33-21-20-27(23-28(25)33)39-38-26-14-8-7-9-15-26/h7-23,25H,24H2,1-6H3/b34-22+,39-38?/t25-,37+/m0/s1. The summed E-state index contributed by atoms with van der Waals surface area (Å²) in [5.41, 5.74) is 8.39. The Hall–Kier alpha value is -4.38. The number of para-hydroxylation sites is 2. The molecule has 5 nitrogen and oxygen atoms in total. The summed E-state index contributed by atoms with van der Waals surface area (Å²) in [6.07, 6.45) is 3.30. The number of allylic oxidation sites excluding steroid dienone is 2. The molecule has 0 amide bonds. The first-order chi connectivity index (χ1) is 20.1. The molecule has 2 atom stereocenters. The molecule has 0 radical (unpaired) electrons. The fourth-order valence-electron chi connectivity index (χ4n) is 7.57. The topological polar surface area (TPSA) is 40.4 Å². The molecule has 42 heavy (non-hydrogen) atoms. The number of hydrogen-bond acceptors (Lipinski definition) is 5. The third-order valence-electron chi connectivity index (χ3n) is 9.96. The van der Waals surface area contributed by atoms with Gasteiger partial charge in [-0.3, -0.25) is 0 Å². The third-order valence-corrected chi connectivity index (χ3v) is 9.96. The second-order valence-electron chi connectivity index (χ2n) is 12.9. The second kappa shape index (κ2) is 9.32. The molecule has 0 unspecified atom stereocenters. The SMILES string of the molecule is CN1/C(=C/[C@H]2C[C@]3(Oc4ccc(N=Nc5ccccc5)cc42)N(C)c2ccccc2C3(C)C)C(C)(C)c2ccccc21. The van der Waals surface area contributed by atoms with Crippen molar-refractivity contribution in [3.63, 3.8) is 0 Å². The zero-order valence-corrected chi connectivity index (χ0v) is 25.3. The lowest BCUT2D eigenvalue weighted by atomic mass is 9.70. The van der Waals surface area contributed by atoms with Crippen molar-refractivity contribution < 1.29 is 4.74 Å². The number of fused-ring (bicyclic) bond motifs is 3. The van der Waals surface area contributed by atoms with E-state index >= 15 is 0 Å². The molecule has 0 N–H and O–H groups in total. The van der Waals surface area contributed by atoms with Crippen molar-refractivity contribution in [2.24, 2.45) is 10.2 Å². The predicted octanol–water partition coefficient (Wildman–Crippen LogP) is 9.40. The number of azo groups is 1. The van der Waals surface area contributed by atoms with Crippen LogP contribution < -0.4 is 14.5 Å². The van der Waals surface area contributed by atoms with Crippen molar-refractivity contribution in [1.29, 1.82) is 0 Å². The molecule has 1 spiro atoms. The molecule has 3 aliphatic rings. The first-order valence-electron chi connectivity index (χ1n) is 14.8. The minimum atomic E-state index is -0.549. The summed E-state index contributed by atoms with van der Waals surface area (Å²) in [6, 6.07) is 33.7. The Kier molecular flexibility index (Phi) is 5.88. The van der Waals surface area contributed by atoms with Crippen LogP contribution in [-0.4, -0.2) is 19.8 Å². The van der Waals surface area contributed by atoms with E-state index < -0.39 is 5.72 Å². The molecule has 5 heteroatoms. The van der Waals surface area contributed by atoms with Crippen LogP contribution in [0.3, 0.4) is 0 Å². The second-order valence-corrected chi connectivity index (χ2v) is 12.9. The minimum Gasteiger partial charge on any atom is -0.467 e. The fourth-order valence-corrected chi connectivity index (χ4v) is 7.57. The lowest BCUT2D eigenvalue weighted by Gasteiger charge is -2.50. The Morgan fingerprint density at radius 1 is 0.738 bits per heavy atom. The van der Waals surface area contributed by atoms with E-state index in [1.807, 2.05) is 36.4 Å². The summed E-state index contributed by atoms with van der Waals surface area (Å²) in [7, 11) is 4.38. The summed E-state index contributed by atoms with van der Waals surface area (Å²) in [5.74, 6) is 1.01. The number of ether oxygens (including phenoxy) is 1. The van der Waals surface area contributed by atoms with Crippen LogP contribution in [0, 0.1) is 0 Å². The van der Waals surface area contributed by atoms with Crippen molar-refractivity contribution in [2.75, 3.05) is 23.9 Å². The Balaban J connectivity index is 1.37. The molecular formula is C37H38N4O. The molecule has 0 fully saturated rings. The van der Waals surface area contributed by atoms with E-state index in [0.29, 0.717) is 0 Å². The molecule has 0 saturated carbocycles. The van der Waals surface area contributed by atoms with Gasteiger partial charge in [0.15, 0.2) is 5.72 Å². The number of hydrogen-bond donors (Lipinski definition) is 0. The van der Waals surface area contributed by atoms with Gasteiger partial charge in [-0.05, 0) is 67.4 Å². The molecule has 0 aliphatic carbocycles. The van der Waals surface area contributed by atoms with Crippen LogP contribution in [-0.2, 0) is 10.8 Å². The van der Waals surface area contributed by atoms with Crippen LogP contribution in [0.15, 0.2) is 119 Å². The lowest BCUT2D eigenvalue weighted by Crippen LogP contribution is -2.61. The zero-order valence-electron chi connectivity index (χ0n) is 25.3. The van der Waals surface area contributed by atoms with Gasteiger partial charge in [0.05, 0.1) is 16.8 Å². The van der Waals surface area contributed by atoms with E-state index in [0.717, 1.165) is 29.1 Å². The van der Waals surface area contributed by atoms with Crippen molar-refractivity contribution in [3.05, 3.63) is 126 Å². The van der Waals surface area contributed by atoms with Crippen molar-refractivity contribution in [1.82, 2.24) is 0 Å². The Morgan fingerprint density at radius 3 is 2.10 bits per heavy atom. The molecule has 3 heterocycles. The zero-order chi connectivity index (χ0) is 29.3. The highest BCUT2D eigenvalue weighted by atomic mass is 16.5. The number of nitrogens with zero attached hydrogens (tertiary/aromatic N) is 4. The molecular weight excluding hydrogens is 516 g/mol. The van der Waals surface area contributed by atoms with E-state index in [1.54, 1.807) is 0 Å². The molecule has 3 aliphatic heterocycles. The van der Waals surface area contributed by atoms with Gasteiger partial charge in [0.25, 0.3) is 0 Å². The number of rotatable bonds is 3.